The smallest absolute Gasteiger partial charge is 0.0869 e. The fourth-order valence-electron chi connectivity index (χ4n) is 3.93. The Morgan fingerprint density at radius 3 is 2.00 bits per heavy atom. The van der Waals surface area contributed by atoms with Gasteiger partial charge in [-0.3, -0.25) is 0 Å². The highest BCUT2D eigenvalue weighted by Gasteiger charge is 2.21. The minimum Gasteiger partial charge on any atom is -0.388 e. The number of aliphatic hydroxyl groups is 1. The summed E-state index contributed by atoms with van der Waals surface area (Å²) in [5, 5.41) is 11.0. The van der Waals surface area contributed by atoms with Gasteiger partial charge in [-0.15, -0.1) is 0 Å². The molecule has 3 rings (SSSR count). The third kappa shape index (κ3) is 6.86. The van der Waals surface area contributed by atoms with Gasteiger partial charge in [0.05, 0.1) is 26.4 Å². The molecule has 0 saturated carbocycles. The van der Waals surface area contributed by atoms with Gasteiger partial charge in [-0.05, 0) is 36.6 Å². The van der Waals surface area contributed by atoms with Crippen molar-refractivity contribution < 1.29 is 9.32 Å². The zero-order valence-electron chi connectivity index (χ0n) is 19.1. The predicted molar refractivity (Wildman–Crippen MR) is 139 cm³/mol. The number of hydrogen-bond acceptors (Lipinski definition) is 2. The number of aryl methyl sites for hydroxylation is 1. The van der Waals surface area contributed by atoms with Crippen LogP contribution in [-0.4, -0.2) is 24.9 Å². The maximum Gasteiger partial charge on any atom is 0.0869 e. The highest BCUT2D eigenvalue weighted by Crippen LogP contribution is 2.26. The number of hydrogen-bond donors (Lipinski definition) is 1. The van der Waals surface area contributed by atoms with Crippen molar-refractivity contribution >= 4 is 20.3 Å². The van der Waals surface area contributed by atoms with E-state index in [1.54, 1.807) is 0 Å². The van der Waals surface area contributed by atoms with Crippen LogP contribution in [0, 0.1) is 6.92 Å². The Balaban J connectivity index is 1.93. The van der Waals surface area contributed by atoms with Gasteiger partial charge in [0.15, 0.2) is 0 Å². The molecule has 168 valence electrons. The Bertz CT molecular complexity index is 961. The van der Waals surface area contributed by atoms with Crippen molar-refractivity contribution in [1.29, 1.82) is 0 Å². The van der Waals surface area contributed by atoms with Crippen molar-refractivity contribution in [3.05, 3.63) is 112 Å². The zero-order valence-corrected chi connectivity index (χ0v) is 21.3. The Morgan fingerprint density at radius 2 is 1.47 bits per heavy atom. The van der Waals surface area contributed by atoms with Crippen LogP contribution in [0.4, 0.5) is 0 Å². The second-order valence-electron chi connectivity index (χ2n) is 8.31. The first-order valence-corrected chi connectivity index (χ1v) is 14.3. The topological polar surface area (TPSA) is 37.3 Å². The standard InChI is InChI=1S/C28H34O2SSi/c1-3-4-7-16-26(29)27(31(30)25-19-17-22(2)18-20-25)21-32-28(23-12-8-5-9-13-23)24-14-10-6-11-15-24/h5-6,8-15,17-21,26,28-29H,3-4,7,16,32H2,1-2H3/b27-21+/t26-,31+/m0/s1. The molecule has 0 saturated heterocycles. The van der Waals surface area contributed by atoms with Crippen LogP contribution >= 0.6 is 0 Å². The summed E-state index contributed by atoms with van der Waals surface area (Å²) in [6.45, 7) is 4.19. The zero-order chi connectivity index (χ0) is 22.8. The van der Waals surface area contributed by atoms with E-state index in [0.717, 1.165) is 29.7 Å². The van der Waals surface area contributed by atoms with Gasteiger partial charge < -0.3 is 5.11 Å². The Labute approximate surface area is 197 Å². The number of rotatable bonds is 11. The largest absolute Gasteiger partial charge is 0.388 e. The lowest BCUT2D eigenvalue weighted by Crippen LogP contribution is -2.18. The second kappa shape index (κ2) is 12.7. The summed E-state index contributed by atoms with van der Waals surface area (Å²) in [6.07, 6.45) is 3.12. The molecule has 4 heteroatoms. The van der Waals surface area contributed by atoms with E-state index in [0.29, 0.717) is 11.3 Å². The molecule has 0 aromatic heterocycles. The number of aliphatic hydroxyl groups excluding tert-OH is 1. The van der Waals surface area contributed by atoms with E-state index in [2.05, 4.69) is 61.2 Å². The second-order valence-corrected chi connectivity index (χ2v) is 11.5. The number of unbranched alkanes of at least 4 members (excludes halogenated alkanes) is 2. The van der Waals surface area contributed by atoms with E-state index >= 15 is 0 Å². The molecule has 0 unspecified atom stereocenters. The SMILES string of the molecule is CCCCC[C@H](O)/C(=C\[SiH2]C(c1ccccc1)c1ccccc1)[S@](=O)c1ccc(C)cc1. The molecular formula is C28H34O2SSi. The van der Waals surface area contributed by atoms with Crippen LogP contribution in [0.2, 0.25) is 0 Å². The summed E-state index contributed by atoms with van der Waals surface area (Å²) < 4.78 is 13.5. The Hall–Kier alpha value is -2.27. The average Bonchev–Trinajstić information content (AvgIpc) is 2.83. The highest BCUT2D eigenvalue weighted by molar-refractivity contribution is 7.89. The molecule has 0 fully saturated rings. The lowest BCUT2D eigenvalue weighted by atomic mass is 10.0. The Morgan fingerprint density at radius 1 is 0.906 bits per heavy atom. The molecule has 0 heterocycles. The summed E-state index contributed by atoms with van der Waals surface area (Å²) in [4.78, 5) is 1.45. The molecule has 3 aromatic rings. The van der Waals surface area contributed by atoms with Crippen LogP contribution in [0.25, 0.3) is 0 Å². The van der Waals surface area contributed by atoms with Crippen molar-refractivity contribution in [1.82, 2.24) is 0 Å². The van der Waals surface area contributed by atoms with E-state index in [1.807, 2.05) is 43.3 Å². The molecule has 32 heavy (non-hydrogen) atoms. The van der Waals surface area contributed by atoms with Gasteiger partial charge in [-0.25, -0.2) is 4.21 Å². The molecule has 0 aliphatic rings. The lowest BCUT2D eigenvalue weighted by Gasteiger charge is -2.19. The van der Waals surface area contributed by atoms with E-state index in [4.69, 9.17) is 0 Å². The van der Waals surface area contributed by atoms with Crippen molar-refractivity contribution in [2.24, 2.45) is 0 Å². The molecule has 0 spiro atoms. The van der Waals surface area contributed by atoms with Crippen molar-refractivity contribution in [3.63, 3.8) is 0 Å². The third-order valence-electron chi connectivity index (χ3n) is 5.82. The lowest BCUT2D eigenvalue weighted by molar-refractivity contribution is 0.204. The van der Waals surface area contributed by atoms with E-state index < -0.39 is 26.4 Å². The first-order chi connectivity index (χ1) is 15.6. The van der Waals surface area contributed by atoms with Crippen LogP contribution in [-0.2, 0) is 10.8 Å². The van der Waals surface area contributed by atoms with Gasteiger partial charge in [0.25, 0.3) is 0 Å². The summed E-state index contributed by atoms with van der Waals surface area (Å²) in [6, 6.07) is 28.9. The first kappa shape index (κ1) is 24.4. The molecule has 1 N–H and O–H groups in total. The maximum atomic E-state index is 13.5. The molecule has 0 bridgehead atoms. The molecule has 2 atom stereocenters. The first-order valence-electron chi connectivity index (χ1n) is 11.6. The molecule has 0 aliphatic heterocycles. The molecule has 0 aliphatic carbocycles. The maximum absolute atomic E-state index is 13.5. The average molecular weight is 463 g/mol. The normalized spacial score (nSPS) is 14.2. The van der Waals surface area contributed by atoms with E-state index in [-0.39, 0.29) is 5.54 Å². The Kier molecular flexibility index (Phi) is 9.66. The van der Waals surface area contributed by atoms with Crippen molar-refractivity contribution in [2.45, 2.75) is 56.1 Å². The van der Waals surface area contributed by atoms with Crippen LogP contribution in [0.1, 0.15) is 54.8 Å². The van der Waals surface area contributed by atoms with E-state index in [9.17, 15) is 9.32 Å². The van der Waals surface area contributed by atoms with Gasteiger partial charge >= 0.3 is 0 Å². The van der Waals surface area contributed by atoms with Gasteiger partial charge in [0.1, 0.15) is 0 Å². The summed E-state index contributed by atoms with van der Waals surface area (Å²) in [7, 11) is -2.21. The predicted octanol–water partition coefficient (Wildman–Crippen LogP) is 5.84. The molecule has 2 nitrogen and oxygen atoms in total. The third-order valence-corrected chi connectivity index (χ3v) is 9.77. The molecule has 0 radical (unpaired) electrons. The molecular weight excluding hydrogens is 428 g/mol. The minimum atomic E-state index is -1.35. The van der Waals surface area contributed by atoms with Gasteiger partial charge in [-0.1, -0.05) is 110 Å². The fraction of sp³-hybridized carbons (Fsp3) is 0.286. The van der Waals surface area contributed by atoms with Crippen LogP contribution in [0.5, 0.6) is 0 Å². The molecule has 0 amide bonds. The van der Waals surface area contributed by atoms with Gasteiger partial charge in [0.2, 0.25) is 0 Å². The quantitative estimate of drug-likeness (QED) is 0.287. The summed E-state index contributed by atoms with van der Waals surface area (Å²) >= 11 is 0. The highest BCUT2D eigenvalue weighted by atomic mass is 32.2. The fourth-order valence-corrected chi connectivity index (χ4v) is 7.68. The van der Waals surface area contributed by atoms with Crippen molar-refractivity contribution in [3.8, 4) is 0 Å². The minimum absolute atomic E-state index is 0.283. The van der Waals surface area contributed by atoms with Crippen LogP contribution < -0.4 is 0 Å². The van der Waals surface area contributed by atoms with Gasteiger partial charge in [-0.2, -0.15) is 0 Å². The summed E-state index contributed by atoms with van der Waals surface area (Å²) in [5.41, 5.74) is 6.15. The monoisotopic (exact) mass is 462 g/mol. The number of benzene rings is 3. The van der Waals surface area contributed by atoms with Crippen LogP contribution in [0.3, 0.4) is 0 Å². The van der Waals surface area contributed by atoms with E-state index in [1.165, 1.54) is 11.1 Å². The molecule has 3 aromatic carbocycles. The summed E-state index contributed by atoms with van der Waals surface area (Å²) in [5.74, 6) is 0. The van der Waals surface area contributed by atoms with Gasteiger partial charge in [0, 0.05) is 15.3 Å². The van der Waals surface area contributed by atoms with Crippen LogP contribution in [0.15, 0.2) is 100 Å². The van der Waals surface area contributed by atoms with Crippen molar-refractivity contribution in [2.75, 3.05) is 0 Å².